The molecular weight excluding hydrogens is 253 g/mol. The van der Waals surface area contributed by atoms with E-state index in [0.717, 1.165) is 0 Å². The molecule has 3 N–H and O–H groups in total. The van der Waals surface area contributed by atoms with Crippen LogP contribution in [0.2, 0.25) is 0 Å². The predicted molar refractivity (Wildman–Crippen MR) is 13.9 cm³/mol. The van der Waals surface area contributed by atoms with Gasteiger partial charge in [-0.3, -0.25) is 4.79 Å². The van der Waals surface area contributed by atoms with Crippen molar-refractivity contribution in [3.8, 4) is 0 Å². The van der Waals surface area contributed by atoms with Gasteiger partial charge in [0, 0.05) is 0 Å². The zero-order chi connectivity index (χ0) is 3.58. The van der Waals surface area contributed by atoms with Gasteiger partial charge in [0.15, 0.2) is 0 Å². The zero-order valence-corrected chi connectivity index (χ0v) is 4.45. The van der Waals surface area contributed by atoms with Crippen LogP contribution >= 0.6 is 0 Å². The summed E-state index contributed by atoms with van der Waals surface area (Å²) in [7, 11) is 0. The number of amides is 2. The molecular formula is CH3AuN2O. The Hall–Kier alpha value is 0.0103. The van der Waals surface area contributed by atoms with Crippen LogP contribution in [0.1, 0.15) is 0 Å². The SMILES string of the molecule is [Au+].[NH-]C(N)=O. The van der Waals surface area contributed by atoms with Gasteiger partial charge in [-0.05, 0) is 0 Å². The van der Waals surface area contributed by atoms with Crippen molar-refractivity contribution in [2.24, 2.45) is 5.73 Å². The molecule has 0 aromatic rings. The van der Waals surface area contributed by atoms with Gasteiger partial charge in [-0.1, -0.05) is 0 Å². The molecule has 0 heterocycles. The Morgan fingerprint density at radius 1 is 1.80 bits per heavy atom. The Kier molecular flexibility index (Phi) is 7.13. The summed E-state index contributed by atoms with van der Waals surface area (Å²) in [5, 5.41) is 0. The third-order valence-electron chi connectivity index (χ3n) is 0. The second-order valence-electron chi connectivity index (χ2n) is 0.364. The molecule has 0 bridgehead atoms. The normalized spacial score (nSPS) is 4.80. The number of carbonyl (C=O) groups excluding carboxylic acids is 1. The van der Waals surface area contributed by atoms with E-state index in [-0.39, 0.29) is 22.4 Å². The van der Waals surface area contributed by atoms with Crippen LogP contribution in [0.25, 0.3) is 5.73 Å². The molecule has 0 fully saturated rings. The Morgan fingerprint density at radius 3 is 1.80 bits per heavy atom. The summed E-state index contributed by atoms with van der Waals surface area (Å²) in [5.41, 5.74) is 9.86. The van der Waals surface area contributed by atoms with Gasteiger partial charge in [-0.15, -0.1) is 0 Å². The van der Waals surface area contributed by atoms with Crippen molar-refractivity contribution in [1.29, 1.82) is 0 Å². The minimum atomic E-state index is -1.08. The number of nitrogens with one attached hydrogen (secondary N) is 1. The number of primary amides is 1. The second-order valence-corrected chi connectivity index (χ2v) is 0.364. The number of urea groups is 1. The minimum absolute atomic E-state index is 0. The van der Waals surface area contributed by atoms with E-state index in [1.807, 2.05) is 0 Å². The maximum absolute atomic E-state index is 8.89. The topological polar surface area (TPSA) is 66.9 Å². The van der Waals surface area contributed by atoms with Crippen molar-refractivity contribution in [3.05, 3.63) is 5.73 Å². The van der Waals surface area contributed by atoms with Gasteiger partial charge in [0.1, 0.15) is 6.03 Å². The van der Waals surface area contributed by atoms with E-state index in [1.54, 1.807) is 0 Å². The summed E-state index contributed by atoms with van der Waals surface area (Å²) in [4.78, 5) is 8.89. The van der Waals surface area contributed by atoms with E-state index in [2.05, 4.69) is 5.73 Å². The van der Waals surface area contributed by atoms with Crippen LogP contribution in [-0.2, 0) is 22.4 Å². The van der Waals surface area contributed by atoms with Gasteiger partial charge in [0.2, 0.25) is 0 Å². The van der Waals surface area contributed by atoms with E-state index in [0.29, 0.717) is 0 Å². The van der Waals surface area contributed by atoms with Gasteiger partial charge in [-0.25, -0.2) is 0 Å². The fraction of sp³-hybridized carbons (Fsp3) is 0. The summed E-state index contributed by atoms with van der Waals surface area (Å²) < 4.78 is 0. The molecule has 3 nitrogen and oxygen atoms in total. The van der Waals surface area contributed by atoms with Gasteiger partial charge < -0.3 is 11.5 Å². The number of carbonyl (C=O) groups is 1. The van der Waals surface area contributed by atoms with E-state index in [1.165, 1.54) is 0 Å². The number of nitrogens with two attached hydrogens (primary N) is 1. The third kappa shape index (κ3) is 154000. The molecule has 0 rings (SSSR count). The first kappa shape index (κ1) is 8.89. The monoisotopic (exact) mass is 256 g/mol. The van der Waals surface area contributed by atoms with Crippen LogP contribution in [0.3, 0.4) is 0 Å². The molecule has 0 spiro atoms. The summed E-state index contributed by atoms with van der Waals surface area (Å²) in [6, 6.07) is -1.08. The van der Waals surface area contributed by atoms with E-state index < -0.39 is 6.03 Å². The molecule has 0 saturated heterocycles. The summed E-state index contributed by atoms with van der Waals surface area (Å²) in [6.07, 6.45) is 0. The number of rotatable bonds is 0. The van der Waals surface area contributed by atoms with E-state index >= 15 is 0 Å². The first-order valence-corrected chi connectivity index (χ1v) is 0.743. The van der Waals surface area contributed by atoms with Crippen molar-refractivity contribution in [1.82, 2.24) is 0 Å². The van der Waals surface area contributed by atoms with Gasteiger partial charge in [0.05, 0.1) is 0 Å². The average Bonchev–Trinajstić information content (AvgIpc) is 0.811. The fourth-order valence-corrected chi connectivity index (χ4v) is 0. The molecule has 4 heteroatoms. The standard InChI is InChI=1S/CH4N2O.Au/c2-1(3)4;/h(H4,2,3,4);/q;+1/p-1. The van der Waals surface area contributed by atoms with Crippen molar-refractivity contribution < 1.29 is 27.2 Å². The molecule has 0 aliphatic carbocycles. The van der Waals surface area contributed by atoms with E-state index in [4.69, 9.17) is 10.5 Å². The number of hydrogen-bond donors (Lipinski definition) is 1. The molecule has 0 unspecified atom stereocenters. The molecule has 34 valence electrons. The van der Waals surface area contributed by atoms with Crippen LogP contribution in [0.4, 0.5) is 4.79 Å². The Bertz CT molecular complexity index is 32.6. The molecule has 5 heavy (non-hydrogen) atoms. The Balaban J connectivity index is 0. The van der Waals surface area contributed by atoms with Gasteiger partial charge in [0.25, 0.3) is 0 Å². The predicted octanol–water partition coefficient (Wildman–Crippen LogP) is 0.115. The van der Waals surface area contributed by atoms with Crippen LogP contribution in [0.15, 0.2) is 0 Å². The summed E-state index contributed by atoms with van der Waals surface area (Å²) in [5.74, 6) is 0. The molecule has 0 atom stereocenters. The Labute approximate surface area is 45.2 Å². The molecule has 0 aromatic heterocycles. The fourth-order valence-electron chi connectivity index (χ4n) is 0. The summed E-state index contributed by atoms with van der Waals surface area (Å²) >= 11 is 0. The number of hydrogen-bond acceptors (Lipinski definition) is 1. The largest absolute Gasteiger partial charge is 1.00 e. The van der Waals surface area contributed by atoms with Crippen molar-refractivity contribution in [3.63, 3.8) is 0 Å². The van der Waals surface area contributed by atoms with Crippen LogP contribution in [0.5, 0.6) is 0 Å². The first-order valence-electron chi connectivity index (χ1n) is 0.743. The third-order valence-corrected chi connectivity index (χ3v) is 0. The average molecular weight is 256 g/mol. The maximum Gasteiger partial charge on any atom is 1.00 e. The van der Waals surface area contributed by atoms with Crippen LogP contribution in [0, 0.1) is 0 Å². The van der Waals surface area contributed by atoms with Crippen LogP contribution in [-0.4, -0.2) is 6.03 Å². The second kappa shape index (κ2) is 4.01. The van der Waals surface area contributed by atoms with Crippen molar-refractivity contribution >= 4 is 6.03 Å². The smallest absolute Gasteiger partial charge is 0.463 e. The molecule has 0 aromatic carbocycles. The summed E-state index contributed by atoms with van der Waals surface area (Å²) in [6.45, 7) is 0. The first-order chi connectivity index (χ1) is 1.73. The Morgan fingerprint density at radius 2 is 1.80 bits per heavy atom. The molecule has 2 amide bonds. The van der Waals surface area contributed by atoms with E-state index in [9.17, 15) is 0 Å². The van der Waals surface area contributed by atoms with Crippen LogP contribution < -0.4 is 5.73 Å². The zero-order valence-electron chi connectivity index (χ0n) is 2.29. The quantitative estimate of drug-likeness (QED) is 0.614. The van der Waals surface area contributed by atoms with Gasteiger partial charge in [-0.2, -0.15) is 0 Å². The van der Waals surface area contributed by atoms with Crippen molar-refractivity contribution in [2.45, 2.75) is 0 Å². The molecule has 0 saturated carbocycles. The molecule has 0 radical (unpaired) electrons. The molecule has 0 aliphatic rings. The minimum Gasteiger partial charge on any atom is -0.463 e. The maximum atomic E-state index is 8.89. The molecule has 0 aliphatic heterocycles. The van der Waals surface area contributed by atoms with Crippen molar-refractivity contribution in [2.75, 3.05) is 0 Å². The van der Waals surface area contributed by atoms with Gasteiger partial charge >= 0.3 is 22.4 Å².